The van der Waals surface area contributed by atoms with Crippen LogP contribution in [-0.2, 0) is 39.1 Å². The van der Waals surface area contributed by atoms with Gasteiger partial charge in [0.2, 0.25) is 0 Å². The van der Waals surface area contributed by atoms with Crippen molar-refractivity contribution in [1.29, 1.82) is 0 Å². The quantitative estimate of drug-likeness (QED) is 0.0385. The van der Waals surface area contributed by atoms with Crippen LogP contribution < -0.4 is 10.8 Å². The molecule has 0 amide bonds. The molecule has 0 bridgehead atoms. The Morgan fingerprint density at radius 2 is 1.88 bits per heavy atom. The largest absolute Gasteiger partial charge is 0.480 e. The molecule has 17 heteroatoms. The first-order chi connectivity index (χ1) is 24.4. The third-order valence-electron chi connectivity index (χ3n) is 8.50. The smallest absolute Gasteiger partial charge is 0.407 e. The molecule has 2 aromatic heterocycles. The Bertz CT molecular complexity index is 1710. The van der Waals surface area contributed by atoms with Crippen molar-refractivity contribution in [3.8, 4) is 12.3 Å². The zero-order chi connectivity index (χ0) is 37.0. The van der Waals surface area contributed by atoms with Gasteiger partial charge in [0.1, 0.15) is 25.0 Å². The highest BCUT2D eigenvalue weighted by atomic mass is 31.2. The van der Waals surface area contributed by atoms with Gasteiger partial charge in [-0.2, -0.15) is 14.4 Å². The van der Waals surface area contributed by atoms with Gasteiger partial charge in [-0.15, -0.1) is 6.42 Å². The van der Waals surface area contributed by atoms with Crippen LogP contribution in [0.25, 0.3) is 11.2 Å². The maximum atomic E-state index is 14.3. The zero-order valence-electron chi connectivity index (χ0n) is 28.8. The minimum absolute atomic E-state index is 0.0221. The van der Waals surface area contributed by atoms with E-state index in [2.05, 4.69) is 32.9 Å². The maximum absolute atomic E-state index is 14.3. The van der Waals surface area contributed by atoms with E-state index in [9.17, 15) is 28.8 Å². The van der Waals surface area contributed by atoms with Crippen LogP contribution in [0.1, 0.15) is 83.4 Å². The molecule has 1 aliphatic rings. The number of aliphatic hydroxyl groups is 1. The number of unbranched alkanes of at least 4 members (excludes halogenated alkanes) is 7. The van der Waals surface area contributed by atoms with Crippen LogP contribution >= 0.6 is 7.75 Å². The Labute approximate surface area is 296 Å². The number of aromatic nitrogens is 4. The van der Waals surface area contributed by atoms with Gasteiger partial charge in [-0.05, 0) is 25.3 Å². The van der Waals surface area contributed by atoms with Crippen LogP contribution in [0, 0.1) is 18.4 Å². The van der Waals surface area contributed by atoms with E-state index in [4.69, 9.17) is 30.7 Å². The van der Waals surface area contributed by atoms with Gasteiger partial charge in [0.25, 0.3) is 0 Å². The summed E-state index contributed by atoms with van der Waals surface area (Å²) in [5, 5.41) is 23.6. The molecule has 1 unspecified atom stereocenters. The van der Waals surface area contributed by atoms with Gasteiger partial charge in [-0.25, -0.2) is 19.4 Å². The molecule has 0 saturated carbocycles. The summed E-state index contributed by atoms with van der Waals surface area (Å²) in [6, 6.07) is 7.08. The molecule has 3 heterocycles. The summed E-state index contributed by atoms with van der Waals surface area (Å²) >= 11 is 0. The number of carboxylic acids is 1. The molecule has 6 atom stereocenters. The third-order valence-corrected chi connectivity index (χ3v) is 10.2. The summed E-state index contributed by atoms with van der Waals surface area (Å²) in [6.45, 7) is 2.81. The van der Waals surface area contributed by atoms with Crippen molar-refractivity contribution < 1.29 is 47.3 Å². The number of carbonyl (C=O) groups is 2. The zero-order valence-corrected chi connectivity index (χ0v) is 29.7. The van der Waals surface area contributed by atoms with E-state index in [-0.39, 0.29) is 36.4 Å². The Kier molecular flexibility index (Phi) is 14.4. The fraction of sp³-hybridized carbons (Fsp3) is 0.559. The Balaban J connectivity index is 1.47. The van der Waals surface area contributed by atoms with E-state index < -0.39 is 62.4 Å². The minimum Gasteiger partial charge on any atom is -0.480 e. The van der Waals surface area contributed by atoms with Gasteiger partial charge < -0.3 is 25.4 Å². The van der Waals surface area contributed by atoms with Gasteiger partial charge in [0, 0.05) is 6.42 Å². The highest BCUT2D eigenvalue weighted by Gasteiger charge is 2.50. The molecule has 1 fully saturated rings. The van der Waals surface area contributed by atoms with Crippen molar-refractivity contribution in [2.45, 2.75) is 108 Å². The summed E-state index contributed by atoms with van der Waals surface area (Å²) < 4.78 is 52.3. The molecule has 3 aromatic rings. The number of hydrogen-bond donors (Lipinski definition) is 4. The summed E-state index contributed by atoms with van der Waals surface area (Å²) in [5.74, 6) is -0.0757. The molecule has 0 aliphatic carbocycles. The van der Waals surface area contributed by atoms with E-state index in [0.717, 1.165) is 25.7 Å². The van der Waals surface area contributed by atoms with Gasteiger partial charge in [0.05, 0.1) is 12.9 Å². The number of esters is 1. The molecule has 0 spiro atoms. The molecule has 0 radical (unpaired) electrons. The molecule has 1 saturated heterocycles. The lowest BCUT2D eigenvalue weighted by Crippen LogP contribution is -2.44. The predicted molar refractivity (Wildman–Crippen MR) is 184 cm³/mol. The van der Waals surface area contributed by atoms with Crippen LogP contribution in [-0.4, -0.2) is 78.7 Å². The molecule has 51 heavy (non-hydrogen) atoms. The van der Waals surface area contributed by atoms with Crippen molar-refractivity contribution in [2.24, 2.45) is 0 Å². The number of imidazole rings is 1. The number of nitrogens with one attached hydrogen (secondary N) is 1. The van der Waals surface area contributed by atoms with E-state index in [1.54, 1.807) is 30.3 Å². The monoisotopic (exact) mass is 732 g/mol. The standard InChI is InChI=1S/C34H46FN6O9P/c1-4-6-7-8-9-10-11-15-18-47-32(45)23(3)50-51(46,40-25(31(43)44)19-24-16-13-12-14-17-24)48-21-34(5-2)26(42)20-27(49-34)41-22-37-28-29(36)38-33(35)39-30(28)41/h2,12-14,16-17,22-23,25-27,42H,4,6-11,15,18-21H2,1,3H3,(H,40,46)(H,43,44)(H2,36,38,39)/t23-,25-,26-,27+,34+,51?/m0/s1. The van der Waals surface area contributed by atoms with E-state index in [0.29, 0.717) is 12.0 Å². The van der Waals surface area contributed by atoms with E-state index in [1.165, 1.54) is 37.1 Å². The number of anilines is 1. The number of carboxylic acid groups (broad SMARTS) is 1. The number of nitrogens with two attached hydrogens (primary N) is 1. The Hall–Kier alpha value is -3.97. The first-order valence-corrected chi connectivity index (χ1v) is 18.6. The average molecular weight is 733 g/mol. The summed E-state index contributed by atoms with van der Waals surface area (Å²) in [7, 11) is -4.73. The summed E-state index contributed by atoms with van der Waals surface area (Å²) in [6.07, 6.45) is 10.1. The van der Waals surface area contributed by atoms with Crippen molar-refractivity contribution >= 4 is 36.7 Å². The highest BCUT2D eigenvalue weighted by Crippen LogP contribution is 2.49. The molecule has 15 nitrogen and oxygen atoms in total. The number of aliphatic hydroxyl groups excluding tert-OH is 1. The lowest BCUT2D eigenvalue weighted by Gasteiger charge is -2.30. The maximum Gasteiger partial charge on any atom is 0.407 e. The fourth-order valence-corrected chi connectivity index (χ4v) is 7.27. The lowest BCUT2D eigenvalue weighted by atomic mass is 9.99. The van der Waals surface area contributed by atoms with Gasteiger partial charge >= 0.3 is 25.8 Å². The van der Waals surface area contributed by atoms with Gasteiger partial charge in [-0.1, -0.05) is 88.1 Å². The fourth-order valence-electron chi connectivity index (χ4n) is 5.63. The third kappa shape index (κ3) is 10.8. The number of fused-ring (bicyclic) bond motifs is 1. The number of aliphatic carboxylic acids is 1. The number of halogens is 1. The number of nitrogens with zero attached hydrogens (tertiary/aromatic N) is 4. The molecular formula is C34H46FN6O9P. The lowest BCUT2D eigenvalue weighted by molar-refractivity contribution is -0.152. The summed E-state index contributed by atoms with van der Waals surface area (Å²) in [5.41, 5.74) is 4.48. The number of carbonyl (C=O) groups excluding carboxylic acids is 1. The molecule has 278 valence electrons. The van der Waals surface area contributed by atoms with Crippen LogP contribution in [0.2, 0.25) is 0 Å². The molecule has 1 aromatic carbocycles. The number of benzene rings is 1. The van der Waals surface area contributed by atoms with Crippen LogP contribution in [0.5, 0.6) is 0 Å². The van der Waals surface area contributed by atoms with Crippen molar-refractivity contribution in [3.05, 3.63) is 48.3 Å². The van der Waals surface area contributed by atoms with Gasteiger partial charge in [0.15, 0.2) is 28.7 Å². The molecular weight excluding hydrogens is 686 g/mol. The molecule has 1 aliphatic heterocycles. The SMILES string of the molecule is C#C[C@]1(COP(=O)(N[C@@H](Cc2ccccc2)C(=O)O)O[C@@H](C)C(=O)OCCCCCCCCCC)O[C@@H](n2cnc3c(N)nc(F)nc32)C[C@@H]1O. The first-order valence-electron chi connectivity index (χ1n) is 17.0. The highest BCUT2D eigenvalue weighted by molar-refractivity contribution is 7.51. The second-order valence-electron chi connectivity index (χ2n) is 12.4. The Morgan fingerprint density at radius 1 is 1.20 bits per heavy atom. The normalized spacial score (nSPS) is 21.2. The predicted octanol–water partition coefficient (Wildman–Crippen LogP) is 4.70. The molecule has 4 rings (SSSR count). The van der Waals surface area contributed by atoms with Crippen LogP contribution in [0.3, 0.4) is 0 Å². The number of ether oxygens (including phenoxy) is 2. The van der Waals surface area contributed by atoms with Crippen molar-refractivity contribution in [2.75, 3.05) is 18.9 Å². The first kappa shape index (κ1) is 39.8. The Morgan fingerprint density at radius 3 is 2.55 bits per heavy atom. The average Bonchev–Trinajstić information content (AvgIpc) is 3.67. The van der Waals surface area contributed by atoms with Crippen molar-refractivity contribution in [1.82, 2.24) is 24.6 Å². The van der Waals surface area contributed by atoms with Crippen LogP contribution in [0.4, 0.5) is 10.2 Å². The topological polar surface area (TPSA) is 210 Å². The van der Waals surface area contributed by atoms with Crippen LogP contribution in [0.15, 0.2) is 36.7 Å². The number of nitrogen functional groups attached to an aromatic ring is 1. The number of terminal acetylenes is 1. The second kappa shape index (κ2) is 18.5. The van der Waals surface area contributed by atoms with E-state index in [1.807, 2.05) is 0 Å². The summed E-state index contributed by atoms with van der Waals surface area (Å²) in [4.78, 5) is 36.5. The van der Waals surface area contributed by atoms with E-state index >= 15 is 0 Å². The minimum atomic E-state index is -4.73. The van der Waals surface area contributed by atoms with Crippen molar-refractivity contribution in [3.63, 3.8) is 0 Å². The number of rotatable bonds is 21. The number of hydrogen-bond acceptors (Lipinski definition) is 12. The molecule has 5 N–H and O–H groups in total. The second-order valence-corrected chi connectivity index (χ2v) is 14.2. The van der Waals surface area contributed by atoms with Gasteiger partial charge in [-0.3, -0.25) is 18.4 Å².